The van der Waals surface area contributed by atoms with Crippen LogP contribution < -0.4 is 20.8 Å². The maximum atomic E-state index is 11.7. The second-order valence-corrected chi connectivity index (χ2v) is 4.99. The normalized spacial score (nSPS) is 15.2. The van der Waals surface area contributed by atoms with Crippen molar-refractivity contribution in [1.29, 1.82) is 0 Å². The molecule has 9 heteroatoms. The summed E-state index contributed by atoms with van der Waals surface area (Å²) >= 11 is 4.70. The van der Waals surface area contributed by atoms with Crippen molar-refractivity contribution >= 4 is 40.3 Å². The maximum Gasteiger partial charge on any atom is 0.264 e. The Morgan fingerprint density at radius 3 is 2.91 bits per heavy atom. The molecule has 0 atom stereocenters. The van der Waals surface area contributed by atoms with Crippen molar-refractivity contribution in [3.8, 4) is 5.75 Å². The zero-order valence-electron chi connectivity index (χ0n) is 12.0. The molecule has 22 heavy (non-hydrogen) atoms. The first-order valence-corrected chi connectivity index (χ1v) is 6.70. The highest BCUT2D eigenvalue weighted by Crippen LogP contribution is 2.32. The van der Waals surface area contributed by atoms with Crippen molar-refractivity contribution in [2.24, 2.45) is 16.0 Å². The Morgan fingerprint density at radius 2 is 2.27 bits per heavy atom. The van der Waals surface area contributed by atoms with Crippen LogP contribution in [0.15, 0.2) is 28.5 Å². The Balaban J connectivity index is 2.47. The first-order chi connectivity index (χ1) is 10.4. The third-order valence-electron chi connectivity index (χ3n) is 3.09. The van der Waals surface area contributed by atoms with Crippen molar-refractivity contribution in [3.05, 3.63) is 23.8 Å². The van der Waals surface area contributed by atoms with Crippen LogP contribution in [-0.4, -0.2) is 41.3 Å². The van der Waals surface area contributed by atoms with Gasteiger partial charge in [-0.15, -0.1) is 0 Å². The summed E-state index contributed by atoms with van der Waals surface area (Å²) in [6.07, 6.45) is 0. The minimum atomic E-state index is -0.156. The minimum absolute atomic E-state index is 0.00389. The minimum Gasteiger partial charge on any atom is -0.482 e. The van der Waals surface area contributed by atoms with E-state index in [1.165, 1.54) is 4.90 Å². The molecule has 1 aliphatic rings. The summed E-state index contributed by atoms with van der Waals surface area (Å²) < 4.78 is 5.36. The Morgan fingerprint density at radius 1 is 1.55 bits per heavy atom. The molecular weight excluding hydrogens is 306 g/mol. The smallest absolute Gasteiger partial charge is 0.264 e. The number of carbonyl (C=O) groups is 1. The Bertz CT molecular complexity index is 686. The number of nitrogens with two attached hydrogens (primary N) is 1. The molecule has 1 amide bonds. The Labute approximate surface area is 132 Å². The number of amides is 1. The topological polar surface area (TPSA) is 113 Å². The van der Waals surface area contributed by atoms with Gasteiger partial charge in [0.15, 0.2) is 11.7 Å². The van der Waals surface area contributed by atoms with Crippen LogP contribution in [0.2, 0.25) is 0 Å². The number of benzene rings is 1. The summed E-state index contributed by atoms with van der Waals surface area (Å²) in [5.74, 6) is 0.433. The molecular formula is C13H15N5O3S. The number of nitrogens with zero attached hydrogens (tertiary/aromatic N) is 3. The van der Waals surface area contributed by atoms with Crippen LogP contribution in [0.3, 0.4) is 0 Å². The summed E-state index contributed by atoms with van der Waals surface area (Å²) in [7, 11) is 1.66. The largest absolute Gasteiger partial charge is 0.482 e. The van der Waals surface area contributed by atoms with Gasteiger partial charge in [-0.1, -0.05) is 5.16 Å². The summed E-state index contributed by atoms with van der Waals surface area (Å²) in [6, 6.07) is 5.16. The van der Waals surface area contributed by atoms with Gasteiger partial charge in [0.25, 0.3) is 5.91 Å². The first-order valence-electron chi connectivity index (χ1n) is 6.30. The predicted octanol–water partition coefficient (Wildman–Crippen LogP) is 0.429. The number of anilines is 1. The number of oxime groups is 1. The number of rotatable bonds is 3. The summed E-state index contributed by atoms with van der Waals surface area (Å²) in [6.45, 7) is 1.58. The third kappa shape index (κ3) is 3.14. The number of hydrogen-bond donors (Lipinski definition) is 3. The number of likely N-dealkylation sites (N-methyl/N-ethyl adjacent to an activating group) is 1. The van der Waals surface area contributed by atoms with E-state index in [1.54, 1.807) is 32.2 Å². The second kappa shape index (κ2) is 6.39. The molecule has 0 unspecified atom stereocenters. The van der Waals surface area contributed by atoms with Crippen molar-refractivity contribution in [2.45, 2.75) is 6.92 Å². The lowest BCUT2D eigenvalue weighted by Crippen LogP contribution is -2.35. The monoisotopic (exact) mass is 321 g/mol. The van der Waals surface area contributed by atoms with E-state index in [9.17, 15) is 4.79 Å². The predicted molar refractivity (Wildman–Crippen MR) is 86.7 cm³/mol. The maximum absolute atomic E-state index is 11.7. The zero-order valence-corrected chi connectivity index (χ0v) is 12.8. The van der Waals surface area contributed by atoms with E-state index in [2.05, 4.69) is 15.7 Å². The van der Waals surface area contributed by atoms with E-state index in [-0.39, 0.29) is 23.3 Å². The lowest BCUT2D eigenvalue weighted by Gasteiger charge is -2.26. The molecule has 4 N–H and O–H groups in total. The fourth-order valence-corrected chi connectivity index (χ4v) is 1.98. The van der Waals surface area contributed by atoms with E-state index >= 15 is 0 Å². The fourth-order valence-electron chi connectivity index (χ4n) is 1.93. The van der Waals surface area contributed by atoms with Gasteiger partial charge in [0.1, 0.15) is 17.2 Å². The van der Waals surface area contributed by atoms with Gasteiger partial charge in [-0.3, -0.25) is 10.2 Å². The van der Waals surface area contributed by atoms with E-state index in [0.29, 0.717) is 22.7 Å². The molecule has 1 aromatic rings. The zero-order chi connectivity index (χ0) is 16.3. The van der Waals surface area contributed by atoms with E-state index < -0.39 is 0 Å². The molecule has 1 aromatic carbocycles. The first kappa shape index (κ1) is 15.7. The van der Waals surface area contributed by atoms with Crippen molar-refractivity contribution in [1.82, 2.24) is 5.43 Å². The van der Waals surface area contributed by atoms with Crippen molar-refractivity contribution in [2.75, 3.05) is 18.6 Å². The number of thiocarbonyl (C=S) groups is 1. The number of ether oxygens (including phenoxy) is 1. The van der Waals surface area contributed by atoms with Crippen molar-refractivity contribution < 1.29 is 14.7 Å². The number of nitrogens with one attached hydrogen (secondary N) is 1. The van der Waals surface area contributed by atoms with E-state index in [1.807, 2.05) is 0 Å². The molecule has 0 aromatic heterocycles. The molecule has 0 radical (unpaired) electrons. The van der Waals surface area contributed by atoms with E-state index in [4.69, 9.17) is 27.9 Å². The average molecular weight is 321 g/mol. The van der Waals surface area contributed by atoms with Gasteiger partial charge in [-0.25, -0.2) is 0 Å². The third-order valence-corrected chi connectivity index (χ3v) is 3.18. The molecule has 116 valence electrons. The quantitative estimate of drug-likeness (QED) is 0.322. The fraction of sp³-hybridized carbons (Fsp3) is 0.231. The number of hydrazone groups is 1. The van der Waals surface area contributed by atoms with E-state index in [0.717, 1.165) is 0 Å². The number of carbonyl (C=O) groups excluding carboxylic acids is 1. The molecule has 1 aliphatic heterocycles. The van der Waals surface area contributed by atoms with Crippen LogP contribution in [0.5, 0.6) is 5.75 Å². The molecule has 0 fully saturated rings. The van der Waals surface area contributed by atoms with Crippen LogP contribution in [0.4, 0.5) is 5.69 Å². The van der Waals surface area contributed by atoms with Gasteiger partial charge in [-0.2, -0.15) is 5.10 Å². The Hall–Kier alpha value is -2.68. The van der Waals surface area contributed by atoms with Crippen molar-refractivity contribution in [3.63, 3.8) is 0 Å². The average Bonchev–Trinajstić information content (AvgIpc) is 2.50. The van der Waals surface area contributed by atoms with Crippen LogP contribution in [0.25, 0.3) is 0 Å². The highest BCUT2D eigenvalue weighted by molar-refractivity contribution is 7.80. The summed E-state index contributed by atoms with van der Waals surface area (Å²) in [5, 5.41) is 16.1. The molecule has 0 aliphatic carbocycles. The van der Waals surface area contributed by atoms with Crippen LogP contribution in [-0.2, 0) is 4.79 Å². The molecule has 2 rings (SSSR count). The highest BCUT2D eigenvalue weighted by Gasteiger charge is 2.23. The second-order valence-electron chi connectivity index (χ2n) is 4.55. The SMILES string of the molecule is CC(=NO)C(=NNC(N)=S)c1ccc2c(c1)N(C)C(=O)CO2. The van der Waals surface area contributed by atoms with Gasteiger partial charge in [0, 0.05) is 12.6 Å². The molecule has 0 saturated heterocycles. The standard InChI is InChI=1S/C13H15N5O3S/c1-7(17-20)12(15-16-13(14)22)8-3-4-10-9(5-8)18(2)11(19)6-21-10/h3-5,20H,6H2,1-2H3,(H3,14,16,22). The van der Waals surface area contributed by atoms with Crippen LogP contribution in [0.1, 0.15) is 12.5 Å². The molecule has 0 saturated carbocycles. The molecule has 8 nitrogen and oxygen atoms in total. The van der Waals surface area contributed by atoms with Gasteiger partial charge >= 0.3 is 0 Å². The Kier molecular flexibility index (Phi) is 4.56. The number of hydrogen-bond acceptors (Lipinski definition) is 6. The van der Waals surface area contributed by atoms with Crippen LogP contribution in [0, 0.1) is 0 Å². The highest BCUT2D eigenvalue weighted by atomic mass is 32.1. The molecule has 0 bridgehead atoms. The van der Waals surface area contributed by atoms with Gasteiger partial charge in [-0.05, 0) is 37.3 Å². The lowest BCUT2D eigenvalue weighted by atomic mass is 10.0. The van der Waals surface area contributed by atoms with Crippen LogP contribution >= 0.6 is 12.2 Å². The van der Waals surface area contributed by atoms with Gasteiger partial charge < -0.3 is 20.6 Å². The number of fused-ring (bicyclic) bond motifs is 1. The molecule has 0 spiro atoms. The molecule has 1 heterocycles. The van der Waals surface area contributed by atoms with Gasteiger partial charge in [0.05, 0.1) is 5.69 Å². The lowest BCUT2D eigenvalue weighted by molar-refractivity contribution is -0.120. The van der Waals surface area contributed by atoms with Gasteiger partial charge in [0.2, 0.25) is 0 Å². The summed E-state index contributed by atoms with van der Waals surface area (Å²) in [5.41, 5.74) is 9.61. The summed E-state index contributed by atoms with van der Waals surface area (Å²) in [4.78, 5) is 13.2.